The van der Waals surface area contributed by atoms with Crippen molar-refractivity contribution in [3.63, 3.8) is 0 Å². The molecule has 0 saturated carbocycles. The van der Waals surface area contributed by atoms with E-state index in [1.54, 1.807) is 0 Å². The summed E-state index contributed by atoms with van der Waals surface area (Å²) >= 11 is 0. The molecule has 0 amide bonds. The van der Waals surface area contributed by atoms with Gasteiger partial charge in [-0.3, -0.25) is 0 Å². The molecule has 0 atom stereocenters. The number of benzene rings is 1. The number of nitrogens with one attached hydrogen (secondary N) is 1. The summed E-state index contributed by atoms with van der Waals surface area (Å²) in [7, 11) is 0. The van der Waals surface area contributed by atoms with E-state index in [1.807, 2.05) is 30.5 Å². The average molecular weight is 353 g/mol. The summed E-state index contributed by atoms with van der Waals surface area (Å²) in [5, 5.41) is 16.5. The number of ether oxygens (including phenoxy) is 1. The maximum absolute atomic E-state index is 5.95. The highest BCUT2D eigenvalue weighted by Gasteiger charge is 2.21. The van der Waals surface area contributed by atoms with Gasteiger partial charge in [-0.2, -0.15) is 4.52 Å². The number of nitrogens with zero attached hydrogens (tertiary/aromatic N) is 4. The molecule has 1 aromatic carbocycles. The van der Waals surface area contributed by atoms with Crippen LogP contribution in [0.2, 0.25) is 0 Å². The lowest BCUT2D eigenvalue weighted by atomic mass is 9.96. The second-order valence-electron chi connectivity index (χ2n) is 7.89. The molecule has 1 N–H and O–H groups in total. The molecular weight excluding hydrogens is 326 g/mol. The molecule has 138 valence electrons. The Morgan fingerprint density at radius 2 is 1.88 bits per heavy atom. The van der Waals surface area contributed by atoms with Gasteiger partial charge in [-0.15, -0.1) is 15.3 Å². The largest absolute Gasteiger partial charge is 0.491 e. The van der Waals surface area contributed by atoms with Crippen molar-refractivity contribution in [1.82, 2.24) is 19.8 Å². The van der Waals surface area contributed by atoms with Gasteiger partial charge in [0.15, 0.2) is 11.5 Å². The lowest BCUT2D eigenvalue weighted by molar-refractivity contribution is 0.240. The summed E-state index contributed by atoms with van der Waals surface area (Å²) in [6.45, 7) is 13.1. The molecular formula is C20H27N5O. The monoisotopic (exact) mass is 353 g/mol. The Labute approximate surface area is 154 Å². The number of hydrogen-bond acceptors (Lipinski definition) is 5. The summed E-state index contributed by atoms with van der Waals surface area (Å²) in [5.41, 5.74) is 2.91. The van der Waals surface area contributed by atoms with Crippen LogP contribution in [0.15, 0.2) is 30.3 Å². The van der Waals surface area contributed by atoms with Crippen LogP contribution in [0.3, 0.4) is 0 Å². The molecule has 6 nitrogen and oxygen atoms in total. The number of anilines is 1. The fraction of sp³-hybridized carbons (Fsp3) is 0.450. The van der Waals surface area contributed by atoms with Crippen LogP contribution in [0.1, 0.15) is 51.6 Å². The van der Waals surface area contributed by atoms with Crippen molar-refractivity contribution in [2.75, 3.05) is 5.32 Å². The van der Waals surface area contributed by atoms with Gasteiger partial charge in [0.25, 0.3) is 0 Å². The van der Waals surface area contributed by atoms with E-state index in [0.717, 1.165) is 28.6 Å². The molecule has 6 heteroatoms. The van der Waals surface area contributed by atoms with E-state index >= 15 is 0 Å². The van der Waals surface area contributed by atoms with Gasteiger partial charge < -0.3 is 10.1 Å². The highest BCUT2D eigenvalue weighted by atomic mass is 16.5. The molecule has 0 spiro atoms. The zero-order chi connectivity index (χ0) is 18.9. The molecule has 3 aromatic rings. The normalized spacial score (nSPS) is 12.0. The Morgan fingerprint density at radius 3 is 2.58 bits per heavy atom. The Hall–Kier alpha value is -2.63. The number of aryl methyl sites for hydroxylation is 1. The molecule has 0 saturated heterocycles. The molecule has 0 fully saturated rings. The van der Waals surface area contributed by atoms with Crippen molar-refractivity contribution < 1.29 is 4.74 Å². The van der Waals surface area contributed by atoms with Crippen LogP contribution in [-0.2, 0) is 12.0 Å². The maximum atomic E-state index is 5.95. The first-order chi connectivity index (χ1) is 12.2. The molecule has 2 aromatic heterocycles. The van der Waals surface area contributed by atoms with Gasteiger partial charge in [-0.25, -0.2) is 0 Å². The smallest absolute Gasteiger partial charge is 0.178 e. The molecule has 3 rings (SSSR count). The predicted molar refractivity (Wildman–Crippen MR) is 104 cm³/mol. The average Bonchev–Trinajstić information content (AvgIpc) is 2.97. The fourth-order valence-corrected chi connectivity index (χ4v) is 2.71. The van der Waals surface area contributed by atoms with E-state index in [2.05, 4.69) is 66.5 Å². The van der Waals surface area contributed by atoms with Gasteiger partial charge in [0.1, 0.15) is 11.6 Å². The Balaban J connectivity index is 1.84. The highest BCUT2D eigenvalue weighted by molar-refractivity contribution is 5.46. The van der Waals surface area contributed by atoms with Crippen LogP contribution < -0.4 is 10.1 Å². The number of rotatable bonds is 5. The second-order valence-corrected chi connectivity index (χ2v) is 7.89. The van der Waals surface area contributed by atoms with E-state index in [0.29, 0.717) is 6.54 Å². The van der Waals surface area contributed by atoms with Crippen molar-refractivity contribution in [3.05, 3.63) is 47.3 Å². The lowest BCUT2D eigenvalue weighted by Crippen LogP contribution is -2.17. The van der Waals surface area contributed by atoms with Crippen LogP contribution in [0.4, 0.5) is 5.82 Å². The van der Waals surface area contributed by atoms with Crippen molar-refractivity contribution in [1.29, 1.82) is 0 Å². The number of aromatic nitrogens is 4. The van der Waals surface area contributed by atoms with Crippen molar-refractivity contribution in [2.45, 2.75) is 59.6 Å². The second kappa shape index (κ2) is 6.94. The first-order valence-electron chi connectivity index (χ1n) is 8.97. The lowest BCUT2D eigenvalue weighted by Gasteiger charge is -2.17. The molecule has 0 radical (unpaired) electrons. The van der Waals surface area contributed by atoms with Crippen LogP contribution in [0.25, 0.3) is 5.65 Å². The minimum atomic E-state index is -0.125. The van der Waals surface area contributed by atoms with Gasteiger partial charge in [-0.1, -0.05) is 32.9 Å². The Morgan fingerprint density at radius 1 is 1.12 bits per heavy atom. The topological polar surface area (TPSA) is 64.3 Å². The first-order valence-corrected chi connectivity index (χ1v) is 8.97. The SMILES string of the molecule is Cc1ccc(CNc2ccc3nnc(C(C)(C)C)n3n2)c(OC(C)C)c1. The highest BCUT2D eigenvalue weighted by Crippen LogP contribution is 2.24. The standard InChI is InChI=1S/C20H27N5O/c1-13(2)26-16-11-14(3)7-8-15(16)12-21-17-9-10-18-22-23-19(20(4,5)6)25(18)24-17/h7-11,13H,12H2,1-6H3,(H,21,24). The molecule has 2 heterocycles. The van der Waals surface area contributed by atoms with Gasteiger partial charge in [0, 0.05) is 17.5 Å². The van der Waals surface area contributed by atoms with Gasteiger partial charge in [0.2, 0.25) is 0 Å². The van der Waals surface area contributed by atoms with Crippen molar-refractivity contribution in [3.8, 4) is 5.75 Å². The number of fused-ring (bicyclic) bond motifs is 1. The van der Waals surface area contributed by atoms with Crippen LogP contribution in [0.5, 0.6) is 5.75 Å². The third kappa shape index (κ3) is 3.95. The molecule has 0 bridgehead atoms. The van der Waals surface area contributed by atoms with Crippen LogP contribution >= 0.6 is 0 Å². The van der Waals surface area contributed by atoms with E-state index in [1.165, 1.54) is 5.56 Å². The van der Waals surface area contributed by atoms with E-state index < -0.39 is 0 Å². The quantitative estimate of drug-likeness (QED) is 0.747. The minimum Gasteiger partial charge on any atom is -0.491 e. The summed E-state index contributed by atoms with van der Waals surface area (Å²) in [6.07, 6.45) is 0.136. The van der Waals surface area contributed by atoms with Gasteiger partial charge in [-0.05, 0) is 44.5 Å². The molecule has 0 aliphatic rings. The predicted octanol–water partition coefficient (Wildman–Crippen LogP) is 4.13. The summed E-state index contributed by atoms with van der Waals surface area (Å²) in [5.74, 6) is 2.53. The number of hydrogen-bond donors (Lipinski definition) is 1. The molecule has 0 unspecified atom stereocenters. The zero-order valence-electron chi connectivity index (χ0n) is 16.4. The third-order valence-electron chi connectivity index (χ3n) is 3.98. The minimum absolute atomic E-state index is 0.125. The molecule has 0 aliphatic carbocycles. The summed E-state index contributed by atoms with van der Waals surface area (Å²) in [6, 6.07) is 10.1. The van der Waals surface area contributed by atoms with E-state index in [4.69, 9.17) is 4.74 Å². The summed E-state index contributed by atoms with van der Waals surface area (Å²) < 4.78 is 7.76. The van der Waals surface area contributed by atoms with E-state index in [-0.39, 0.29) is 11.5 Å². The van der Waals surface area contributed by atoms with Crippen molar-refractivity contribution in [2.24, 2.45) is 0 Å². The first kappa shape index (κ1) is 18.2. The Bertz CT molecular complexity index is 908. The zero-order valence-corrected chi connectivity index (χ0v) is 16.4. The van der Waals surface area contributed by atoms with Gasteiger partial charge >= 0.3 is 0 Å². The van der Waals surface area contributed by atoms with Gasteiger partial charge in [0.05, 0.1) is 6.10 Å². The third-order valence-corrected chi connectivity index (χ3v) is 3.98. The van der Waals surface area contributed by atoms with Crippen molar-refractivity contribution >= 4 is 11.5 Å². The fourth-order valence-electron chi connectivity index (χ4n) is 2.71. The van der Waals surface area contributed by atoms with Crippen LogP contribution in [0, 0.1) is 6.92 Å². The van der Waals surface area contributed by atoms with E-state index in [9.17, 15) is 0 Å². The molecule has 0 aliphatic heterocycles. The maximum Gasteiger partial charge on any atom is 0.178 e. The molecule has 26 heavy (non-hydrogen) atoms. The Kier molecular flexibility index (Phi) is 4.85. The van der Waals surface area contributed by atoms with Crippen LogP contribution in [-0.4, -0.2) is 25.9 Å². The summed E-state index contributed by atoms with van der Waals surface area (Å²) in [4.78, 5) is 0.